The zero-order valence-electron chi connectivity index (χ0n) is 14.6. The Bertz CT molecular complexity index is 721. The van der Waals surface area contributed by atoms with E-state index in [4.69, 9.17) is 0 Å². The number of aromatic hydroxyl groups is 1. The van der Waals surface area contributed by atoms with Gasteiger partial charge in [-0.15, -0.1) is 0 Å². The second-order valence-corrected chi connectivity index (χ2v) is 6.87. The van der Waals surface area contributed by atoms with Gasteiger partial charge in [0.15, 0.2) is 0 Å². The number of benzene rings is 2. The fourth-order valence-electron chi connectivity index (χ4n) is 3.44. The number of aliphatic hydroxyl groups is 1. The maximum Gasteiger partial charge on any atom is 0.226 e. The van der Waals surface area contributed by atoms with Crippen LogP contribution in [0, 0.1) is 12.8 Å². The molecule has 0 radical (unpaired) electrons. The molecule has 0 spiro atoms. The Balaban J connectivity index is 1.54. The highest BCUT2D eigenvalue weighted by Gasteiger charge is 2.28. The molecule has 1 aliphatic rings. The molecule has 0 bridgehead atoms. The number of amides is 1. The van der Waals surface area contributed by atoms with Gasteiger partial charge in [0.1, 0.15) is 5.75 Å². The molecule has 0 saturated carbocycles. The number of rotatable bonds is 4. The number of nitrogens with zero attached hydrogens (tertiary/aromatic N) is 1. The fraction of sp³-hybridized carbons (Fsp3) is 0.381. The molecule has 1 saturated heterocycles. The van der Waals surface area contributed by atoms with Gasteiger partial charge in [0.2, 0.25) is 5.91 Å². The molecule has 1 heterocycles. The molecule has 4 heteroatoms. The summed E-state index contributed by atoms with van der Waals surface area (Å²) in [6.45, 7) is 3.18. The van der Waals surface area contributed by atoms with Crippen LogP contribution >= 0.6 is 0 Å². The molecule has 1 atom stereocenters. The molecule has 3 rings (SSSR count). The van der Waals surface area contributed by atoms with Crippen molar-refractivity contribution in [2.24, 2.45) is 5.92 Å². The van der Waals surface area contributed by atoms with Crippen molar-refractivity contribution < 1.29 is 15.0 Å². The number of hydrogen-bond acceptors (Lipinski definition) is 3. The molecule has 1 aliphatic heterocycles. The zero-order valence-corrected chi connectivity index (χ0v) is 14.6. The van der Waals surface area contributed by atoms with E-state index in [0.717, 1.165) is 29.5 Å². The lowest BCUT2D eigenvalue weighted by Crippen LogP contribution is -2.40. The summed E-state index contributed by atoms with van der Waals surface area (Å²) in [7, 11) is 0. The largest absolute Gasteiger partial charge is 0.508 e. The lowest BCUT2D eigenvalue weighted by atomic mass is 9.87. The number of carbonyl (C=O) groups is 1. The fourth-order valence-corrected chi connectivity index (χ4v) is 3.44. The van der Waals surface area contributed by atoms with Crippen molar-refractivity contribution in [3.8, 4) is 5.75 Å². The van der Waals surface area contributed by atoms with Crippen molar-refractivity contribution >= 4 is 5.91 Å². The summed E-state index contributed by atoms with van der Waals surface area (Å²) in [6, 6.07) is 15.1. The van der Waals surface area contributed by atoms with Crippen LogP contribution in [0.1, 0.15) is 35.6 Å². The third-order valence-electron chi connectivity index (χ3n) is 5.11. The SMILES string of the molecule is Cc1ccc(CC(=O)N2CCC([C@H](O)c3ccccc3)CC2)cc1O. The van der Waals surface area contributed by atoms with Gasteiger partial charge in [-0.1, -0.05) is 42.5 Å². The third-order valence-corrected chi connectivity index (χ3v) is 5.11. The summed E-state index contributed by atoms with van der Waals surface area (Å²) in [6.07, 6.45) is 1.45. The van der Waals surface area contributed by atoms with Crippen LogP contribution in [0.25, 0.3) is 0 Å². The van der Waals surface area contributed by atoms with Gasteiger partial charge in [-0.05, 0) is 48.4 Å². The first-order valence-corrected chi connectivity index (χ1v) is 8.84. The Morgan fingerprint density at radius 1 is 1.16 bits per heavy atom. The maximum absolute atomic E-state index is 12.5. The van der Waals surface area contributed by atoms with Gasteiger partial charge < -0.3 is 15.1 Å². The van der Waals surface area contributed by atoms with Gasteiger partial charge in [0.05, 0.1) is 12.5 Å². The monoisotopic (exact) mass is 339 g/mol. The third kappa shape index (κ3) is 4.20. The summed E-state index contributed by atoms with van der Waals surface area (Å²) in [5.74, 6) is 0.501. The number of piperidine rings is 1. The van der Waals surface area contributed by atoms with Crippen molar-refractivity contribution in [2.45, 2.75) is 32.3 Å². The lowest BCUT2D eigenvalue weighted by molar-refractivity contribution is -0.132. The standard InChI is InChI=1S/C21H25NO3/c1-15-7-8-16(13-19(15)23)14-20(24)22-11-9-18(10-12-22)21(25)17-5-3-2-4-6-17/h2-8,13,18,21,23,25H,9-12,14H2,1H3/t21-/m1/s1. The van der Waals surface area contributed by atoms with Crippen molar-refractivity contribution in [1.29, 1.82) is 0 Å². The second-order valence-electron chi connectivity index (χ2n) is 6.87. The van der Waals surface area contributed by atoms with Gasteiger partial charge in [-0.3, -0.25) is 4.79 Å². The van der Waals surface area contributed by atoms with E-state index in [9.17, 15) is 15.0 Å². The summed E-state index contributed by atoms with van der Waals surface area (Å²) in [5.41, 5.74) is 2.59. The maximum atomic E-state index is 12.5. The molecule has 1 amide bonds. The number of phenols is 1. The summed E-state index contributed by atoms with van der Waals surface area (Å²) >= 11 is 0. The minimum Gasteiger partial charge on any atom is -0.508 e. The molecule has 4 nitrogen and oxygen atoms in total. The van der Waals surface area contributed by atoms with E-state index in [0.29, 0.717) is 19.5 Å². The van der Waals surface area contributed by atoms with Crippen LogP contribution in [0.3, 0.4) is 0 Å². The summed E-state index contributed by atoms with van der Waals surface area (Å²) in [4.78, 5) is 14.4. The molecule has 2 aromatic carbocycles. The second kappa shape index (κ2) is 7.70. The van der Waals surface area contributed by atoms with Crippen molar-refractivity contribution in [1.82, 2.24) is 4.90 Å². The van der Waals surface area contributed by atoms with Gasteiger partial charge in [0, 0.05) is 13.1 Å². The summed E-state index contributed by atoms with van der Waals surface area (Å²) in [5, 5.41) is 20.3. The van der Waals surface area contributed by atoms with Crippen molar-refractivity contribution in [3.63, 3.8) is 0 Å². The number of carbonyl (C=O) groups excluding carboxylic acids is 1. The van der Waals surface area contributed by atoms with E-state index in [2.05, 4.69) is 0 Å². The van der Waals surface area contributed by atoms with Crippen LogP contribution in [0.4, 0.5) is 0 Å². The first-order valence-electron chi connectivity index (χ1n) is 8.84. The van der Waals surface area contributed by atoms with E-state index < -0.39 is 6.10 Å². The van der Waals surface area contributed by atoms with Gasteiger partial charge in [-0.2, -0.15) is 0 Å². The molecule has 0 aromatic heterocycles. The number of likely N-dealkylation sites (tertiary alicyclic amines) is 1. The predicted octanol–water partition coefficient (Wildman–Crippen LogP) is 3.22. The van der Waals surface area contributed by atoms with Gasteiger partial charge in [-0.25, -0.2) is 0 Å². The number of aryl methyl sites for hydroxylation is 1. The minimum absolute atomic E-state index is 0.0795. The first-order chi connectivity index (χ1) is 12.0. The Morgan fingerprint density at radius 3 is 2.48 bits per heavy atom. The highest BCUT2D eigenvalue weighted by molar-refractivity contribution is 5.79. The Kier molecular flexibility index (Phi) is 5.39. The van der Waals surface area contributed by atoms with Gasteiger partial charge in [0.25, 0.3) is 0 Å². The van der Waals surface area contributed by atoms with Crippen molar-refractivity contribution in [2.75, 3.05) is 13.1 Å². The molecular formula is C21H25NO3. The molecular weight excluding hydrogens is 314 g/mol. The minimum atomic E-state index is -0.465. The van der Waals surface area contributed by atoms with Crippen LogP contribution < -0.4 is 0 Å². The zero-order chi connectivity index (χ0) is 17.8. The average molecular weight is 339 g/mol. The average Bonchev–Trinajstić information content (AvgIpc) is 2.65. The Labute approximate surface area is 148 Å². The van der Waals surface area contributed by atoms with Crippen LogP contribution in [0.15, 0.2) is 48.5 Å². The molecule has 2 aromatic rings. The van der Waals surface area contributed by atoms with E-state index in [-0.39, 0.29) is 17.6 Å². The highest BCUT2D eigenvalue weighted by atomic mass is 16.3. The number of phenolic OH excluding ortho intramolecular Hbond substituents is 1. The highest BCUT2D eigenvalue weighted by Crippen LogP contribution is 2.30. The summed E-state index contributed by atoms with van der Waals surface area (Å²) < 4.78 is 0. The molecule has 1 fully saturated rings. The number of aliphatic hydroxyl groups excluding tert-OH is 1. The predicted molar refractivity (Wildman–Crippen MR) is 97.3 cm³/mol. The normalized spacial score (nSPS) is 16.6. The molecule has 25 heavy (non-hydrogen) atoms. The Hall–Kier alpha value is -2.33. The topological polar surface area (TPSA) is 60.8 Å². The van der Waals surface area contributed by atoms with Crippen LogP contribution in [-0.2, 0) is 11.2 Å². The quantitative estimate of drug-likeness (QED) is 0.899. The van der Waals surface area contributed by atoms with E-state index in [1.807, 2.05) is 54.3 Å². The van der Waals surface area contributed by atoms with Gasteiger partial charge >= 0.3 is 0 Å². The smallest absolute Gasteiger partial charge is 0.226 e. The van der Waals surface area contributed by atoms with E-state index in [1.54, 1.807) is 6.07 Å². The van der Waals surface area contributed by atoms with Crippen LogP contribution in [-0.4, -0.2) is 34.1 Å². The molecule has 0 unspecified atom stereocenters. The number of hydrogen-bond donors (Lipinski definition) is 2. The Morgan fingerprint density at radius 2 is 1.84 bits per heavy atom. The van der Waals surface area contributed by atoms with Crippen LogP contribution in [0.2, 0.25) is 0 Å². The van der Waals surface area contributed by atoms with Crippen LogP contribution in [0.5, 0.6) is 5.75 Å². The first kappa shape index (κ1) is 17.5. The molecule has 2 N–H and O–H groups in total. The van der Waals surface area contributed by atoms with Crippen molar-refractivity contribution in [3.05, 3.63) is 65.2 Å². The molecule has 132 valence electrons. The lowest BCUT2D eigenvalue weighted by Gasteiger charge is -2.34. The van der Waals surface area contributed by atoms with E-state index in [1.165, 1.54) is 0 Å². The molecule has 0 aliphatic carbocycles. The van der Waals surface area contributed by atoms with E-state index >= 15 is 0 Å².